The van der Waals surface area contributed by atoms with E-state index in [1.54, 1.807) is 0 Å². The monoisotopic (exact) mass is 194 g/mol. The number of hydrogen-bond donors (Lipinski definition) is 0. The van der Waals surface area contributed by atoms with Crippen molar-refractivity contribution in [2.75, 3.05) is 7.11 Å². The van der Waals surface area contributed by atoms with Gasteiger partial charge in [0.1, 0.15) is 5.78 Å². The standard InChI is InChI=1S/C11H14O3/c1-6-7-3-4-8(11(13)14-2)9(7)5-10(6)12/h3-4,6-9H,5H2,1-2H3/t6-,7+,8+,9-/m0/s1. The van der Waals surface area contributed by atoms with Crippen molar-refractivity contribution in [3.05, 3.63) is 12.2 Å². The van der Waals surface area contributed by atoms with Crippen molar-refractivity contribution in [3.8, 4) is 0 Å². The minimum atomic E-state index is -0.212. The summed E-state index contributed by atoms with van der Waals surface area (Å²) in [6, 6.07) is 0. The first-order valence-corrected chi connectivity index (χ1v) is 4.94. The van der Waals surface area contributed by atoms with Crippen LogP contribution >= 0.6 is 0 Å². The molecule has 0 saturated heterocycles. The maximum absolute atomic E-state index is 11.5. The van der Waals surface area contributed by atoms with E-state index in [1.807, 2.05) is 19.1 Å². The molecule has 0 heterocycles. The van der Waals surface area contributed by atoms with E-state index in [0.29, 0.717) is 6.42 Å². The Hall–Kier alpha value is -1.12. The van der Waals surface area contributed by atoms with Crippen LogP contribution < -0.4 is 0 Å². The third-order valence-electron chi connectivity index (χ3n) is 3.49. The maximum Gasteiger partial charge on any atom is 0.312 e. The Labute approximate surface area is 83.1 Å². The predicted molar refractivity (Wildman–Crippen MR) is 50.4 cm³/mol. The van der Waals surface area contributed by atoms with Crippen LogP contribution in [-0.2, 0) is 14.3 Å². The molecule has 0 bridgehead atoms. The number of hydrogen-bond acceptors (Lipinski definition) is 3. The molecule has 0 amide bonds. The molecule has 14 heavy (non-hydrogen) atoms. The number of carbonyl (C=O) groups excluding carboxylic acids is 2. The molecule has 76 valence electrons. The van der Waals surface area contributed by atoms with E-state index in [4.69, 9.17) is 4.74 Å². The Balaban J connectivity index is 2.18. The lowest BCUT2D eigenvalue weighted by Gasteiger charge is -2.16. The lowest BCUT2D eigenvalue weighted by molar-refractivity contribution is -0.145. The summed E-state index contributed by atoms with van der Waals surface area (Å²) in [6.07, 6.45) is 4.42. The van der Waals surface area contributed by atoms with Crippen LogP contribution in [0.25, 0.3) is 0 Å². The summed E-state index contributed by atoms with van der Waals surface area (Å²) in [7, 11) is 1.39. The van der Waals surface area contributed by atoms with Gasteiger partial charge in [-0.3, -0.25) is 9.59 Å². The Kier molecular flexibility index (Phi) is 2.17. The zero-order chi connectivity index (χ0) is 10.3. The highest BCUT2D eigenvalue weighted by Crippen LogP contribution is 2.44. The summed E-state index contributed by atoms with van der Waals surface area (Å²) in [4.78, 5) is 22.8. The summed E-state index contributed by atoms with van der Waals surface area (Å²) in [5, 5.41) is 0. The predicted octanol–water partition coefficient (Wildman–Crippen LogP) is 1.19. The Morgan fingerprint density at radius 3 is 2.86 bits per heavy atom. The first kappa shape index (κ1) is 9.44. The van der Waals surface area contributed by atoms with Crippen LogP contribution in [0.2, 0.25) is 0 Å². The van der Waals surface area contributed by atoms with Gasteiger partial charge in [0.25, 0.3) is 0 Å². The molecule has 0 N–H and O–H groups in total. The number of ketones is 1. The van der Waals surface area contributed by atoms with Crippen molar-refractivity contribution < 1.29 is 14.3 Å². The largest absolute Gasteiger partial charge is 0.469 e. The summed E-state index contributed by atoms with van der Waals surface area (Å²) in [6.45, 7) is 1.94. The fourth-order valence-electron chi connectivity index (χ4n) is 2.60. The number of esters is 1. The van der Waals surface area contributed by atoms with E-state index in [9.17, 15) is 9.59 Å². The molecule has 2 rings (SSSR count). The summed E-state index contributed by atoms with van der Waals surface area (Å²) >= 11 is 0. The van der Waals surface area contributed by atoms with Crippen LogP contribution in [0.4, 0.5) is 0 Å². The van der Waals surface area contributed by atoms with Crippen molar-refractivity contribution in [1.29, 1.82) is 0 Å². The zero-order valence-electron chi connectivity index (χ0n) is 8.40. The fraction of sp³-hybridized carbons (Fsp3) is 0.636. The molecule has 1 saturated carbocycles. The molecule has 3 heteroatoms. The Morgan fingerprint density at radius 2 is 2.21 bits per heavy atom. The van der Waals surface area contributed by atoms with Gasteiger partial charge in [0, 0.05) is 12.3 Å². The number of fused-ring (bicyclic) bond motifs is 1. The van der Waals surface area contributed by atoms with Gasteiger partial charge in [-0.05, 0) is 11.8 Å². The van der Waals surface area contributed by atoms with E-state index < -0.39 is 0 Å². The van der Waals surface area contributed by atoms with Crippen molar-refractivity contribution in [2.24, 2.45) is 23.7 Å². The van der Waals surface area contributed by atoms with E-state index in [1.165, 1.54) is 7.11 Å². The topological polar surface area (TPSA) is 43.4 Å². The van der Waals surface area contributed by atoms with E-state index in [2.05, 4.69) is 0 Å². The molecule has 0 radical (unpaired) electrons. The van der Waals surface area contributed by atoms with Crippen molar-refractivity contribution >= 4 is 11.8 Å². The van der Waals surface area contributed by atoms with E-state index in [-0.39, 0.29) is 35.4 Å². The van der Waals surface area contributed by atoms with Gasteiger partial charge < -0.3 is 4.74 Å². The molecule has 0 spiro atoms. The zero-order valence-corrected chi connectivity index (χ0v) is 8.40. The van der Waals surface area contributed by atoms with Gasteiger partial charge in [0.15, 0.2) is 0 Å². The second-order valence-corrected chi connectivity index (χ2v) is 4.13. The molecule has 1 fully saturated rings. The normalized spacial score (nSPS) is 40.0. The SMILES string of the molecule is COC(=O)[C@@H]1C=C[C@H]2[C@@H]1CC(=O)[C@H]2C. The summed E-state index contributed by atoms with van der Waals surface area (Å²) < 4.78 is 4.71. The molecule has 0 aromatic carbocycles. The number of rotatable bonds is 1. The van der Waals surface area contributed by atoms with Crippen molar-refractivity contribution in [1.82, 2.24) is 0 Å². The number of Topliss-reactive ketones (excluding diaryl/α,β-unsaturated/α-hetero) is 1. The highest BCUT2D eigenvalue weighted by atomic mass is 16.5. The number of allylic oxidation sites excluding steroid dienone is 1. The molecule has 4 atom stereocenters. The van der Waals surface area contributed by atoms with Crippen LogP contribution in [0, 0.1) is 23.7 Å². The highest BCUT2D eigenvalue weighted by Gasteiger charge is 2.47. The minimum Gasteiger partial charge on any atom is -0.469 e. The van der Waals surface area contributed by atoms with Crippen LogP contribution in [-0.4, -0.2) is 18.9 Å². The molecular weight excluding hydrogens is 180 g/mol. The minimum absolute atomic E-state index is 0.0749. The molecular formula is C11H14O3. The quantitative estimate of drug-likeness (QED) is 0.465. The molecule has 0 unspecified atom stereocenters. The van der Waals surface area contributed by atoms with Gasteiger partial charge in [-0.25, -0.2) is 0 Å². The molecule has 2 aliphatic carbocycles. The average Bonchev–Trinajstić information content (AvgIpc) is 2.69. The second kappa shape index (κ2) is 3.23. The second-order valence-electron chi connectivity index (χ2n) is 4.13. The number of ether oxygens (including phenoxy) is 1. The first-order valence-electron chi connectivity index (χ1n) is 4.94. The van der Waals surface area contributed by atoms with Crippen LogP contribution in [0.1, 0.15) is 13.3 Å². The Bertz CT molecular complexity index is 306. The third-order valence-corrected chi connectivity index (χ3v) is 3.49. The third kappa shape index (κ3) is 1.19. The van der Waals surface area contributed by atoms with E-state index in [0.717, 1.165) is 0 Å². The highest BCUT2D eigenvalue weighted by molar-refractivity contribution is 5.86. The van der Waals surface area contributed by atoms with Crippen LogP contribution in [0.15, 0.2) is 12.2 Å². The van der Waals surface area contributed by atoms with Gasteiger partial charge >= 0.3 is 5.97 Å². The van der Waals surface area contributed by atoms with E-state index >= 15 is 0 Å². The Morgan fingerprint density at radius 1 is 1.50 bits per heavy atom. The van der Waals surface area contributed by atoms with Gasteiger partial charge in [-0.2, -0.15) is 0 Å². The smallest absolute Gasteiger partial charge is 0.312 e. The maximum atomic E-state index is 11.5. The molecule has 2 aliphatic rings. The molecule has 0 aromatic rings. The molecule has 0 aliphatic heterocycles. The average molecular weight is 194 g/mol. The van der Waals surface area contributed by atoms with Gasteiger partial charge in [0.05, 0.1) is 13.0 Å². The fourth-order valence-corrected chi connectivity index (χ4v) is 2.60. The lowest BCUT2D eigenvalue weighted by atomic mass is 9.88. The summed E-state index contributed by atoms with van der Waals surface area (Å²) in [5.74, 6) is 0.357. The van der Waals surface area contributed by atoms with Crippen molar-refractivity contribution in [3.63, 3.8) is 0 Å². The number of carbonyl (C=O) groups is 2. The van der Waals surface area contributed by atoms with Gasteiger partial charge in [-0.15, -0.1) is 0 Å². The molecule has 0 aromatic heterocycles. The van der Waals surface area contributed by atoms with Crippen molar-refractivity contribution in [2.45, 2.75) is 13.3 Å². The molecule has 3 nitrogen and oxygen atoms in total. The van der Waals surface area contributed by atoms with Gasteiger partial charge in [0.2, 0.25) is 0 Å². The summed E-state index contributed by atoms with van der Waals surface area (Å²) in [5.41, 5.74) is 0. The number of methoxy groups -OCH3 is 1. The van der Waals surface area contributed by atoms with Gasteiger partial charge in [-0.1, -0.05) is 19.1 Å². The first-order chi connectivity index (χ1) is 6.65. The lowest BCUT2D eigenvalue weighted by Crippen LogP contribution is -2.21. The van der Waals surface area contributed by atoms with Crippen LogP contribution in [0.5, 0.6) is 0 Å². The van der Waals surface area contributed by atoms with Crippen LogP contribution in [0.3, 0.4) is 0 Å².